The molecular weight excluding hydrogens is 479 g/mol. The number of alkyl halides is 3. The number of primary amides is 1. The molecule has 0 radical (unpaired) electrons. The molecule has 0 saturated carbocycles. The van der Waals surface area contributed by atoms with Gasteiger partial charge in [0.15, 0.2) is 10.9 Å². The first-order valence-corrected chi connectivity index (χ1v) is 11.0. The van der Waals surface area contributed by atoms with Crippen molar-refractivity contribution in [2.24, 2.45) is 5.73 Å². The van der Waals surface area contributed by atoms with Gasteiger partial charge in [0.05, 0.1) is 11.8 Å². The van der Waals surface area contributed by atoms with Gasteiger partial charge in [-0.2, -0.15) is 0 Å². The number of fused-ring (bicyclic) bond motifs is 1. The maximum Gasteiger partial charge on any atom is 0.288 e. The van der Waals surface area contributed by atoms with Crippen LogP contribution in [0.2, 0.25) is 0 Å². The number of aryl methyl sites for hydroxylation is 1. The largest absolute Gasteiger partial charge is 0.459 e. The van der Waals surface area contributed by atoms with Crippen LogP contribution in [0.5, 0.6) is 0 Å². The molecule has 1 atom stereocenters. The predicted molar refractivity (Wildman–Crippen MR) is 119 cm³/mol. The van der Waals surface area contributed by atoms with Crippen LogP contribution in [0.4, 0.5) is 5.00 Å². The summed E-state index contributed by atoms with van der Waals surface area (Å²) in [4.78, 5) is 25.3. The van der Waals surface area contributed by atoms with Crippen LogP contribution in [0.3, 0.4) is 0 Å². The van der Waals surface area contributed by atoms with Crippen LogP contribution < -0.4 is 21.7 Å². The molecule has 0 saturated heterocycles. The maximum absolute atomic E-state index is 12.2. The molecule has 1 aliphatic carbocycles. The lowest BCUT2D eigenvalue weighted by Gasteiger charge is -2.27. The number of hydrogen-bond acceptors (Lipinski definition) is 5. The van der Waals surface area contributed by atoms with Crippen LogP contribution in [0, 0.1) is 0 Å². The SMILES string of the molecule is NC(=O)c1c(NC(=S)NC(NC(=O)c2ccco2)C(Cl)(Cl)Cl)sc2c1CCCC2. The Kier molecular flexibility index (Phi) is 6.95. The third-order valence-corrected chi connectivity index (χ3v) is 6.35. The molecule has 156 valence electrons. The number of rotatable bonds is 5. The normalized spacial score (nSPS) is 14.6. The quantitative estimate of drug-likeness (QED) is 0.286. The number of halogens is 3. The number of thiophene rings is 1. The number of thiocarbonyl (C=S) groups is 1. The zero-order valence-electron chi connectivity index (χ0n) is 14.9. The fraction of sp³-hybridized carbons (Fsp3) is 0.353. The Balaban J connectivity index is 1.75. The van der Waals surface area contributed by atoms with Gasteiger partial charge in [-0.3, -0.25) is 9.59 Å². The fourth-order valence-corrected chi connectivity index (χ4v) is 4.91. The van der Waals surface area contributed by atoms with Gasteiger partial charge in [0.1, 0.15) is 11.2 Å². The summed E-state index contributed by atoms with van der Waals surface area (Å²) in [5.74, 6) is -1.07. The van der Waals surface area contributed by atoms with Gasteiger partial charge in [-0.1, -0.05) is 34.8 Å². The van der Waals surface area contributed by atoms with Crippen molar-refractivity contribution in [3.63, 3.8) is 0 Å². The van der Waals surface area contributed by atoms with Gasteiger partial charge in [0.2, 0.25) is 3.79 Å². The van der Waals surface area contributed by atoms with E-state index in [-0.39, 0.29) is 10.9 Å². The minimum Gasteiger partial charge on any atom is -0.459 e. The Morgan fingerprint density at radius 2 is 1.97 bits per heavy atom. The molecule has 2 aromatic rings. The summed E-state index contributed by atoms with van der Waals surface area (Å²) in [7, 11) is 0. The molecule has 0 fully saturated rings. The number of hydrogen-bond donors (Lipinski definition) is 4. The second-order valence-corrected chi connectivity index (χ2v) is 10.2. The van der Waals surface area contributed by atoms with Crippen LogP contribution in [-0.4, -0.2) is 26.9 Å². The van der Waals surface area contributed by atoms with Crippen LogP contribution in [-0.2, 0) is 12.8 Å². The van der Waals surface area contributed by atoms with E-state index >= 15 is 0 Å². The molecule has 2 aromatic heterocycles. The van der Waals surface area contributed by atoms with E-state index in [4.69, 9.17) is 57.2 Å². The lowest BCUT2D eigenvalue weighted by Crippen LogP contribution is -2.56. The number of amides is 2. The third kappa shape index (κ3) is 5.35. The highest BCUT2D eigenvalue weighted by molar-refractivity contribution is 7.80. The molecular formula is C17H17Cl3N4O3S2. The molecule has 2 heterocycles. The third-order valence-electron chi connectivity index (χ3n) is 4.27. The minimum atomic E-state index is -1.92. The molecule has 3 rings (SSSR count). The summed E-state index contributed by atoms with van der Waals surface area (Å²) in [6.07, 6.45) is 3.92. The minimum absolute atomic E-state index is 0.0480. The van der Waals surface area contributed by atoms with E-state index in [0.29, 0.717) is 10.6 Å². The van der Waals surface area contributed by atoms with E-state index in [1.807, 2.05) is 0 Å². The first kappa shape index (κ1) is 22.2. The number of nitrogens with two attached hydrogens (primary N) is 1. The van der Waals surface area contributed by atoms with Crippen molar-refractivity contribution in [1.29, 1.82) is 0 Å². The number of furan rings is 1. The van der Waals surface area contributed by atoms with Gasteiger partial charge in [-0.15, -0.1) is 11.3 Å². The Bertz CT molecular complexity index is 925. The lowest BCUT2D eigenvalue weighted by atomic mass is 9.95. The zero-order chi connectivity index (χ0) is 21.2. The van der Waals surface area contributed by atoms with Gasteiger partial charge in [0, 0.05) is 4.88 Å². The first-order valence-electron chi connectivity index (χ1n) is 8.59. The first-order chi connectivity index (χ1) is 13.7. The van der Waals surface area contributed by atoms with E-state index in [1.54, 1.807) is 6.07 Å². The monoisotopic (exact) mass is 494 g/mol. The second-order valence-electron chi connectivity index (χ2n) is 6.30. The number of anilines is 1. The smallest absolute Gasteiger partial charge is 0.288 e. The standard InChI is InChI=1S/C17H17Cl3N4O3S2/c18-17(19,20)15(22-13(26)9-5-3-7-27-9)24-16(28)23-14-11(12(21)25)8-4-1-2-6-10(8)29-14/h3,5,7,15H,1-2,4,6H2,(H2,21,25)(H,22,26)(H2,23,24,28). The van der Waals surface area contributed by atoms with Crippen molar-refractivity contribution in [2.45, 2.75) is 35.6 Å². The van der Waals surface area contributed by atoms with Crippen molar-refractivity contribution in [3.05, 3.63) is 40.2 Å². The molecule has 0 bridgehead atoms. The lowest BCUT2D eigenvalue weighted by molar-refractivity contribution is 0.0906. The molecule has 7 nitrogen and oxygen atoms in total. The summed E-state index contributed by atoms with van der Waals surface area (Å²) in [5.41, 5.74) is 6.97. The van der Waals surface area contributed by atoms with E-state index in [9.17, 15) is 9.59 Å². The second kappa shape index (κ2) is 9.09. The fourth-order valence-electron chi connectivity index (χ4n) is 2.99. The molecule has 1 unspecified atom stereocenters. The van der Waals surface area contributed by atoms with Gasteiger partial charge < -0.3 is 26.1 Å². The number of carbonyl (C=O) groups is 2. The van der Waals surface area contributed by atoms with Crippen LogP contribution in [0.25, 0.3) is 0 Å². The van der Waals surface area contributed by atoms with Gasteiger partial charge in [-0.25, -0.2) is 0 Å². The molecule has 0 aromatic carbocycles. The summed E-state index contributed by atoms with van der Waals surface area (Å²) in [6.45, 7) is 0. The Labute approximate surface area is 191 Å². The zero-order valence-corrected chi connectivity index (χ0v) is 18.8. The Morgan fingerprint density at radius 1 is 1.24 bits per heavy atom. The molecule has 1 aliphatic rings. The van der Waals surface area contributed by atoms with E-state index in [0.717, 1.165) is 36.1 Å². The van der Waals surface area contributed by atoms with Gasteiger partial charge >= 0.3 is 0 Å². The molecule has 0 spiro atoms. The van der Waals surface area contributed by atoms with Crippen molar-refractivity contribution < 1.29 is 14.0 Å². The molecule has 5 N–H and O–H groups in total. The average molecular weight is 496 g/mol. The molecule has 29 heavy (non-hydrogen) atoms. The topological polar surface area (TPSA) is 109 Å². The van der Waals surface area contributed by atoms with E-state index in [1.165, 1.54) is 23.7 Å². The summed E-state index contributed by atoms with van der Waals surface area (Å²) in [6, 6.07) is 3.03. The van der Waals surface area contributed by atoms with Crippen LogP contribution >= 0.6 is 58.4 Å². The van der Waals surface area contributed by atoms with Crippen LogP contribution in [0.1, 0.15) is 44.2 Å². The highest BCUT2D eigenvalue weighted by atomic mass is 35.6. The summed E-state index contributed by atoms with van der Waals surface area (Å²) >= 11 is 24.7. The maximum atomic E-state index is 12.2. The van der Waals surface area contributed by atoms with Crippen LogP contribution in [0.15, 0.2) is 22.8 Å². The summed E-state index contributed by atoms with van der Waals surface area (Å²) < 4.78 is 3.11. The van der Waals surface area contributed by atoms with E-state index in [2.05, 4.69) is 16.0 Å². The Hall–Kier alpha value is -1.52. The number of nitrogens with one attached hydrogen (secondary N) is 3. The van der Waals surface area contributed by atoms with Gasteiger partial charge in [-0.05, 0) is 55.6 Å². The molecule has 2 amide bonds. The highest BCUT2D eigenvalue weighted by Gasteiger charge is 2.35. The predicted octanol–water partition coefficient (Wildman–Crippen LogP) is 3.73. The molecule has 0 aliphatic heterocycles. The van der Waals surface area contributed by atoms with Crippen molar-refractivity contribution >= 4 is 80.3 Å². The molecule has 12 heteroatoms. The highest BCUT2D eigenvalue weighted by Crippen LogP contribution is 2.38. The van der Waals surface area contributed by atoms with Crippen molar-refractivity contribution in [3.8, 4) is 0 Å². The van der Waals surface area contributed by atoms with Gasteiger partial charge in [0.25, 0.3) is 11.8 Å². The average Bonchev–Trinajstić information content (AvgIpc) is 3.27. The van der Waals surface area contributed by atoms with Crippen molar-refractivity contribution in [2.75, 3.05) is 5.32 Å². The summed E-state index contributed by atoms with van der Waals surface area (Å²) in [5, 5.41) is 8.79. The Morgan fingerprint density at radius 3 is 2.59 bits per heavy atom. The van der Waals surface area contributed by atoms with E-state index < -0.39 is 21.8 Å². The number of carbonyl (C=O) groups excluding carboxylic acids is 2. The van der Waals surface area contributed by atoms with Crippen molar-refractivity contribution in [1.82, 2.24) is 10.6 Å².